The number of rotatable bonds is 5. The van der Waals surface area contributed by atoms with E-state index in [4.69, 9.17) is 5.11 Å². The highest BCUT2D eigenvalue weighted by Crippen LogP contribution is 2.29. The second-order valence-electron chi connectivity index (χ2n) is 4.85. The first-order valence-electron chi connectivity index (χ1n) is 6.71. The molecule has 0 aliphatic carbocycles. The number of non-ortho nitro benzene ring substituents is 1. The molecule has 0 spiro atoms. The number of nitro benzene ring substituents is 1. The third-order valence-corrected chi connectivity index (χ3v) is 3.47. The van der Waals surface area contributed by atoms with E-state index >= 15 is 0 Å². The molecule has 0 aliphatic rings. The molecule has 0 heterocycles. The summed E-state index contributed by atoms with van der Waals surface area (Å²) in [4.78, 5) is 21.3. The maximum Gasteiger partial charge on any atom is 0.310 e. The van der Waals surface area contributed by atoms with Crippen molar-refractivity contribution in [3.8, 4) is 11.1 Å². The van der Waals surface area contributed by atoms with Gasteiger partial charge in [-0.15, -0.1) is 0 Å². The molecule has 2 rings (SSSR count). The highest BCUT2D eigenvalue weighted by atomic mass is 19.1. The zero-order chi connectivity index (χ0) is 16.3. The van der Waals surface area contributed by atoms with Gasteiger partial charge in [-0.2, -0.15) is 0 Å². The lowest BCUT2D eigenvalue weighted by Crippen LogP contribution is -2.10. The Morgan fingerprint density at radius 2 is 2.05 bits per heavy atom. The van der Waals surface area contributed by atoms with Crippen molar-refractivity contribution in [3.63, 3.8) is 0 Å². The molecule has 0 aliphatic heterocycles. The Bertz CT molecular complexity index is 730. The van der Waals surface area contributed by atoms with Crippen LogP contribution in [0.3, 0.4) is 0 Å². The molecule has 0 aromatic heterocycles. The number of hydrogen-bond donors (Lipinski definition) is 1. The highest BCUT2D eigenvalue weighted by Gasteiger charge is 2.19. The van der Waals surface area contributed by atoms with Gasteiger partial charge in [0.1, 0.15) is 5.82 Å². The van der Waals surface area contributed by atoms with Crippen LogP contribution in [0.1, 0.15) is 24.8 Å². The van der Waals surface area contributed by atoms with Crippen molar-refractivity contribution in [1.29, 1.82) is 0 Å². The third kappa shape index (κ3) is 3.11. The van der Waals surface area contributed by atoms with Gasteiger partial charge in [-0.25, -0.2) is 4.39 Å². The Morgan fingerprint density at radius 3 is 2.59 bits per heavy atom. The number of aliphatic carboxylic acids is 1. The van der Waals surface area contributed by atoms with Crippen LogP contribution in [-0.4, -0.2) is 16.0 Å². The molecule has 6 heteroatoms. The van der Waals surface area contributed by atoms with Crippen LogP contribution < -0.4 is 0 Å². The molecule has 0 bridgehead atoms. The van der Waals surface area contributed by atoms with Crippen LogP contribution in [0.2, 0.25) is 0 Å². The molecule has 22 heavy (non-hydrogen) atoms. The summed E-state index contributed by atoms with van der Waals surface area (Å²) in [7, 11) is 0. The predicted molar refractivity (Wildman–Crippen MR) is 79.2 cm³/mol. The van der Waals surface area contributed by atoms with Crippen molar-refractivity contribution in [3.05, 3.63) is 64.0 Å². The Morgan fingerprint density at radius 1 is 1.32 bits per heavy atom. The van der Waals surface area contributed by atoms with E-state index in [2.05, 4.69) is 0 Å². The summed E-state index contributed by atoms with van der Waals surface area (Å²) >= 11 is 0. The van der Waals surface area contributed by atoms with Crippen LogP contribution >= 0.6 is 0 Å². The fraction of sp³-hybridized carbons (Fsp3) is 0.188. The monoisotopic (exact) mass is 303 g/mol. The Kier molecular flexibility index (Phi) is 4.50. The number of nitro groups is 1. The third-order valence-electron chi connectivity index (χ3n) is 3.47. The first-order chi connectivity index (χ1) is 10.4. The van der Waals surface area contributed by atoms with E-state index in [-0.39, 0.29) is 11.3 Å². The normalized spacial score (nSPS) is 11.9. The average molecular weight is 303 g/mol. The van der Waals surface area contributed by atoms with Gasteiger partial charge in [0.2, 0.25) is 0 Å². The first-order valence-corrected chi connectivity index (χ1v) is 6.71. The van der Waals surface area contributed by atoms with Crippen LogP contribution in [0, 0.1) is 15.9 Å². The number of carboxylic acids is 1. The first kappa shape index (κ1) is 15.6. The minimum absolute atomic E-state index is 0.127. The topological polar surface area (TPSA) is 80.4 Å². The molecule has 5 nitrogen and oxygen atoms in total. The standard InChI is InChI=1S/C16H14FNO4/c1-2-13(16(19)20)11-6-7-14(15(17)9-11)10-4-3-5-12(8-10)18(21)22/h3-9,13H,2H2,1H3,(H,19,20). The van der Waals surface area contributed by atoms with E-state index in [9.17, 15) is 19.3 Å². The average Bonchev–Trinajstić information content (AvgIpc) is 2.48. The molecule has 1 atom stereocenters. The number of halogens is 1. The minimum atomic E-state index is -1.01. The molecule has 0 radical (unpaired) electrons. The van der Waals surface area contributed by atoms with Crippen LogP contribution in [0.4, 0.5) is 10.1 Å². The summed E-state index contributed by atoms with van der Waals surface area (Å²) in [5.41, 5.74) is 0.828. The molecule has 1 unspecified atom stereocenters. The van der Waals surface area contributed by atoms with Gasteiger partial charge in [0.25, 0.3) is 5.69 Å². The number of carbonyl (C=O) groups is 1. The molecular formula is C16H14FNO4. The van der Waals surface area contributed by atoms with Gasteiger partial charge < -0.3 is 5.11 Å². The largest absolute Gasteiger partial charge is 0.481 e. The molecule has 114 valence electrons. The number of hydrogen-bond acceptors (Lipinski definition) is 3. The van der Waals surface area contributed by atoms with Gasteiger partial charge in [0, 0.05) is 17.7 Å². The molecule has 0 amide bonds. The molecule has 0 saturated heterocycles. The Hall–Kier alpha value is -2.76. The minimum Gasteiger partial charge on any atom is -0.481 e. The van der Waals surface area contributed by atoms with Crippen molar-refractivity contribution >= 4 is 11.7 Å². The molecule has 2 aromatic rings. The highest BCUT2D eigenvalue weighted by molar-refractivity contribution is 5.76. The second kappa shape index (κ2) is 6.34. The zero-order valence-corrected chi connectivity index (χ0v) is 11.8. The Labute approximate surface area is 126 Å². The van der Waals surface area contributed by atoms with Gasteiger partial charge in [-0.3, -0.25) is 14.9 Å². The van der Waals surface area contributed by atoms with Crippen LogP contribution in [0.5, 0.6) is 0 Å². The lowest BCUT2D eigenvalue weighted by molar-refractivity contribution is -0.384. The lowest BCUT2D eigenvalue weighted by atomic mass is 9.94. The number of benzene rings is 2. The number of nitrogens with zero attached hydrogens (tertiary/aromatic N) is 1. The zero-order valence-electron chi connectivity index (χ0n) is 11.8. The fourth-order valence-corrected chi connectivity index (χ4v) is 2.32. The van der Waals surface area contributed by atoms with Gasteiger partial charge >= 0.3 is 5.97 Å². The summed E-state index contributed by atoms with van der Waals surface area (Å²) in [6.45, 7) is 1.71. The van der Waals surface area contributed by atoms with Crippen molar-refractivity contribution in [2.24, 2.45) is 0 Å². The maximum absolute atomic E-state index is 14.3. The number of carboxylic acid groups (broad SMARTS) is 1. The van der Waals surface area contributed by atoms with Crippen molar-refractivity contribution in [1.82, 2.24) is 0 Å². The van der Waals surface area contributed by atoms with Crippen LogP contribution in [0.25, 0.3) is 11.1 Å². The Balaban J connectivity index is 2.44. The van der Waals surface area contributed by atoms with E-state index < -0.39 is 22.6 Å². The maximum atomic E-state index is 14.3. The second-order valence-corrected chi connectivity index (χ2v) is 4.85. The van der Waals surface area contributed by atoms with E-state index in [0.29, 0.717) is 17.5 Å². The van der Waals surface area contributed by atoms with Gasteiger partial charge in [-0.1, -0.05) is 31.2 Å². The summed E-state index contributed by atoms with van der Waals surface area (Å²) < 4.78 is 14.3. The fourth-order valence-electron chi connectivity index (χ4n) is 2.32. The van der Waals surface area contributed by atoms with Crippen molar-refractivity contribution < 1.29 is 19.2 Å². The van der Waals surface area contributed by atoms with Crippen molar-refractivity contribution in [2.45, 2.75) is 19.3 Å². The molecule has 2 aromatic carbocycles. The van der Waals surface area contributed by atoms with Gasteiger partial charge in [0.15, 0.2) is 0 Å². The smallest absolute Gasteiger partial charge is 0.310 e. The molecular weight excluding hydrogens is 289 g/mol. The quantitative estimate of drug-likeness (QED) is 0.669. The lowest BCUT2D eigenvalue weighted by Gasteiger charge is -2.12. The molecule has 1 N–H and O–H groups in total. The summed E-state index contributed by atoms with van der Waals surface area (Å²) in [5.74, 6) is -2.38. The van der Waals surface area contributed by atoms with Gasteiger partial charge in [0.05, 0.1) is 10.8 Å². The predicted octanol–water partition coefficient (Wildman–Crippen LogP) is 3.98. The van der Waals surface area contributed by atoms with E-state index in [1.54, 1.807) is 19.1 Å². The van der Waals surface area contributed by atoms with E-state index in [1.165, 1.54) is 30.3 Å². The molecule has 0 fully saturated rings. The van der Waals surface area contributed by atoms with E-state index in [0.717, 1.165) is 0 Å². The summed E-state index contributed by atoms with van der Waals surface area (Å²) in [5, 5.41) is 19.9. The van der Waals surface area contributed by atoms with Crippen molar-refractivity contribution in [2.75, 3.05) is 0 Å². The SMILES string of the molecule is CCC(C(=O)O)c1ccc(-c2cccc([N+](=O)[O-])c2)c(F)c1. The van der Waals surface area contributed by atoms with Gasteiger partial charge in [-0.05, 0) is 23.6 Å². The molecule has 0 saturated carbocycles. The summed E-state index contributed by atoms with van der Waals surface area (Å²) in [6.07, 6.45) is 0.352. The van der Waals surface area contributed by atoms with E-state index in [1.807, 2.05) is 0 Å². The summed E-state index contributed by atoms with van der Waals surface area (Å²) in [6, 6.07) is 9.83. The van der Waals surface area contributed by atoms with Crippen LogP contribution in [0.15, 0.2) is 42.5 Å². The van der Waals surface area contributed by atoms with Crippen LogP contribution in [-0.2, 0) is 4.79 Å².